The minimum absolute atomic E-state index is 0.0380. The highest BCUT2D eigenvalue weighted by Gasteiger charge is 2.43. The van der Waals surface area contributed by atoms with Crippen LogP contribution in [0.2, 0.25) is 0 Å². The fourth-order valence-corrected chi connectivity index (χ4v) is 3.06. The van der Waals surface area contributed by atoms with E-state index in [-0.39, 0.29) is 24.7 Å². The maximum atomic E-state index is 13.0. The number of benzene rings is 1. The van der Waals surface area contributed by atoms with Gasteiger partial charge >= 0.3 is 6.29 Å². The van der Waals surface area contributed by atoms with Gasteiger partial charge in [-0.1, -0.05) is 6.07 Å². The van der Waals surface area contributed by atoms with Crippen LogP contribution in [0.3, 0.4) is 0 Å². The Hall–Kier alpha value is -1.52. The zero-order chi connectivity index (χ0) is 17.5. The monoisotopic (exact) mass is 347 g/mol. The van der Waals surface area contributed by atoms with Gasteiger partial charge in [0, 0.05) is 13.1 Å². The molecule has 134 valence electrons. The Kier molecular flexibility index (Phi) is 4.63. The van der Waals surface area contributed by atoms with Gasteiger partial charge in [0.1, 0.15) is 12.2 Å². The summed E-state index contributed by atoms with van der Waals surface area (Å²) in [6.45, 7) is 0.0620. The third-order valence-electron chi connectivity index (χ3n) is 4.37. The SMILES string of the molecule is OC[C@H]1[C@@H](O)[C@H](O)[C@@H](O)CN1CCc1ccc2c(c1)OC(F)(F)O2. The predicted molar refractivity (Wildman–Crippen MR) is 76.8 cm³/mol. The van der Waals surface area contributed by atoms with E-state index in [0.29, 0.717) is 18.5 Å². The molecule has 2 aliphatic heterocycles. The quantitative estimate of drug-likeness (QED) is 0.572. The lowest BCUT2D eigenvalue weighted by Crippen LogP contribution is -2.62. The summed E-state index contributed by atoms with van der Waals surface area (Å²) in [7, 11) is 0. The highest BCUT2D eigenvalue weighted by molar-refractivity contribution is 5.45. The number of fused-ring (bicyclic) bond motifs is 1. The van der Waals surface area contributed by atoms with Crippen LogP contribution >= 0.6 is 0 Å². The molecule has 3 rings (SSSR count). The summed E-state index contributed by atoms with van der Waals surface area (Å²) in [5.41, 5.74) is 0.696. The summed E-state index contributed by atoms with van der Waals surface area (Å²) >= 11 is 0. The van der Waals surface area contributed by atoms with Gasteiger partial charge in [-0.05, 0) is 24.1 Å². The van der Waals surface area contributed by atoms with Gasteiger partial charge in [-0.3, -0.25) is 4.90 Å². The van der Waals surface area contributed by atoms with Crippen LogP contribution in [-0.4, -0.2) is 75.7 Å². The molecule has 7 nitrogen and oxygen atoms in total. The molecule has 4 N–H and O–H groups in total. The van der Waals surface area contributed by atoms with E-state index in [1.165, 1.54) is 12.1 Å². The molecule has 0 amide bonds. The van der Waals surface area contributed by atoms with E-state index < -0.39 is 30.6 Å². The Balaban J connectivity index is 1.65. The first-order valence-electron chi connectivity index (χ1n) is 7.58. The third kappa shape index (κ3) is 3.31. The van der Waals surface area contributed by atoms with Crippen LogP contribution < -0.4 is 9.47 Å². The van der Waals surface area contributed by atoms with Crippen molar-refractivity contribution in [1.82, 2.24) is 4.90 Å². The molecule has 0 spiro atoms. The average Bonchev–Trinajstić information content (AvgIpc) is 2.83. The minimum Gasteiger partial charge on any atom is -0.395 e. The van der Waals surface area contributed by atoms with Crippen LogP contribution in [0.25, 0.3) is 0 Å². The molecule has 2 heterocycles. The number of hydrogen-bond donors (Lipinski definition) is 4. The van der Waals surface area contributed by atoms with E-state index in [1.54, 1.807) is 11.0 Å². The Morgan fingerprint density at radius 1 is 1.12 bits per heavy atom. The first-order chi connectivity index (χ1) is 11.3. The fraction of sp³-hybridized carbons (Fsp3) is 0.600. The lowest BCUT2D eigenvalue weighted by Gasteiger charge is -2.43. The Bertz CT molecular complexity index is 601. The number of rotatable bonds is 4. The Morgan fingerprint density at radius 3 is 2.54 bits per heavy atom. The molecular formula is C15H19F2NO6. The van der Waals surface area contributed by atoms with Crippen LogP contribution in [0, 0.1) is 0 Å². The minimum atomic E-state index is -3.67. The van der Waals surface area contributed by atoms with Crippen LogP contribution in [0.5, 0.6) is 11.5 Å². The van der Waals surface area contributed by atoms with Crippen LogP contribution in [0.15, 0.2) is 18.2 Å². The van der Waals surface area contributed by atoms with Crippen molar-refractivity contribution in [3.05, 3.63) is 23.8 Å². The highest BCUT2D eigenvalue weighted by Crippen LogP contribution is 2.41. The average molecular weight is 347 g/mol. The number of β-amino-alcohol motifs (C(OH)–C–C–N with tert-alkyl or cyclic N) is 1. The summed E-state index contributed by atoms with van der Waals surface area (Å²) in [6, 6.07) is 3.74. The summed E-state index contributed by atoms with van der Waals surface area (Å²) in [4.78, 5) is 1.65. The van der Waals surface area contributed by atoms with E-state index in [1.807, 2.05) is 0 Å². The zero-order valence-electron chi connectivity index (χ0n) is 12.7. The topological polar surface area (TPSA) is 103 Å². The second kappa shape index (κ2) is 6.41. The number of aliphatic hydroxyl groups excluding tert-OH is 4. The van der Waals surface area contributed by atoms with Crippen molar-refractivity contribution in [3.8, 4) is 11.5 Å². The number of halogens is 2. The summed E-state index contributed by atoms with van der Waals surface area (Å²) in [5, 5.41) is 38.8. The van der Waals surface area contributed by atoms with Crippen LogP contribution in [-0.2, 0) is 6.42 Å². The second-order valence-corrected chi connectivity index (χ2v) is 5.99. The molecule has 24 heavy (non-hydrogen) atoms. The standard InChI is InChI=1S/C15H19F2NO6/c16-15(17)23-11-2-1-8(5-12(11)24-15)3-4-18-6-10(20)14(22)13(21)9(18)7-19/h1-2,5,9-10,13-14,19-22H,3-4,6-7H2/t9-,10-,13+,14+/m0/s1. The molecule has 0 bridgehead atoms. The van der Waals surface area contributed by atoms with Gasteiger partial charge in [0.05, 0.1) is 18.8 Å². The number of aliphatic hydroxyl groups is 4. The van der Waals surface area contributed by atoms with Crippen molar-refractivity contribution in [2.24, 2.45) is 0 Å². The van der Waals surface area contributed by atoms with Gasteiger partial charge < -0.3 is 29.9 Å². The molecule has 0 radical (unpaired) electrons. The molecule has 0 saturated carbocycles. The normalized spacial score (nSPS) is 32.1. The number of likely N-dealkylation sites (tertiary alicyclic amines) is 1. The molecule has 4 atom stereocenters. The summed E-state index contributed by atoms with van der Waals surface area (Å²) < 4.78 is 34.7. The lowest BCUT2D eigenvalue weighted by molar-refractivity contribution is -0.286. The molecule has 1 saturated heterocycles. The van der Waals surface area contributed by atoms with Gasteiger partial charge in [0.15, 0.2) is 11.5 Å². The van der Waals surface area contributed by atoms with E-state index >= 15 is 0 Å². The van der Waals surface area contributed by atoms with Crippen molar-refractivity contribution in [3.63, 3.8) is 0 Å². The summed E-state index contributed by atoms with van der Waals surface area (Å²) in [5.74, 6) is -0.0886. The lowest BCUT2D eigenvalue weighted by atomic mass is 9.94. The number of hydrogen-bond acceptors (Lipinski definition) is 7. The van der Waals surface area contributed by atoms with Gasteiger partial charge in [-0.25, -0.2) is 0 Å². The Morgan fingerprint density at radius 2 is 1.83 bits per heavy atom. The van der Waals surface area contributed by atoms with Crippen molar-refractivity contribution in [2.45, 2.75) is 37.1 Å². The molecule has 0 aliphatic carbocycles. The van der Waals surface area contributed by atoms with E-state index in [9.17, 15) is 29.2 Å². The molecule has 0 unspecified atom stereocenters. The van der Waals surface area contributed by atoms with E-state index in [0.717, 1.165) is 0 Å². The maximum absolute atomic E-state index is 13.0. The zero-order valence-corrected chi connectivity index (χ0v) is 12.7. The molecule has 1 aromatic rings. The number of alkyl halides is 2. The van der Waals surface area contributed by atoms with Gasteiger partial charge in [0.25, 0.3) is 0 Å². The smallest absolute Gasteiger partial charge is 0.395 e. The van der Waals surface area contributed by atoms with Gasteiger partial charge in [-0.2, -0.15) is 0 Å². The second-order valence-electron chi connectivity index (χ2n) is 5.99. The summed E-state index contributed by atoms with van der Waals surface area (Å²) in [6.07, 6.45) is -6.97. The first kappa shape index (κ1) is 17.3. The molecular weight excluding hydrogens is 328 g/mol. The Labute approximate surface area is 136 Å². The maximum Gasteiger partial charge on any atom is 0.586 e. The molecule has 1 fully saturated rings. The van der Waals surface area contributed by atoms with Gasteiger partial charge in [-0.15, -0.1) is 8.78 Å². The predicted octanol–water partition coefficient (Wildman–Crippen LogP) is -0.690. The third-order valence-corrected chi connectivity index (χ3v) is 4.37. The molecule has 1 aromatic carbocycles. The number of piperidine rings is 1. The van der Waals surface area contributed by atoms with Crippen LogP contribution in [0.4, 0.5) is 8.78 Å². The van der Waals surface area contributed by atoms with Crippen molar-refractivity contribution in [2.75, 3.05) is 19.7 Å². The molecule has 2 aliphatic rings. The van der Waals surface area contributed by atoms with Crippen molar-refractivity contribution in [1.29, 1.82) is 0 Å². The largest absolute Gasteiger partial charge is 0.586 e. The fourth-order valence-electron chi connectivity index (χ4n) is 3.06. The molecule has 0 aromatic heterocycles. The van der Waals surface area contributed by atoms with E-state index in [4.69, 9.17) is 0 Å². The molecule has 9 heteroatoms. The van der Waals surface area contributed by atoms with Gasteiger partial charge in [0.2, 0.25) is 0 Å². The first-order valence-corrected chi connectivity index (χ1v) is 7.58. The number of ether oxygens (including phenoxy) is 2. The van der Waals surface area contributed by atoms with E-state index in [2.05, 4.69) is 9.47 Å². The van der Waals surface area contributed by atoms with Crippen LogP contribution in [0.1, 0.15) is 5.56 Å². The van der Waals surface area contributed by atoms with Crippen molar-refractivity contribution >= 4 is 0 Å². The number of nitrogens with zero attached hydrogens (tertiary/aromatic N) is 1. The van der Waals surface area contributed by atoms with Crippen molar-refractivity contribution < 1.29 is 38.7 Å². The highest BCUT2D eigenvalue weighted by atomic mass is 19.3.